The molecule has 2 aliphatic heterocycles. The van der Waals surface area contributed by atoms with E-state index in [1.54, 1.807) is 46.3 Å². The van der Waals surface area contributed by atoms with E-state index in [9.17, 15) is 18.0 Å². The molecule has 0 radical (unpaired) electrons. The van der Waals surface area contributed by atoms with Crippen LogP contribution >= 0.6 is 23.1 Å². The molecular weight excluding hydrogens is 458 g/mol. The molecule has 0 bridgehead atoms. The highest BCUT2D eigenvalue weighted by Gasteiger charge is 2.31. The molecule has 8 nitrogen and oxygen atoms in total. The van der Waals surface area contributed by atoms with Crippen LogP contribution in [0, 0.1) is 0 Å². The second kappa shape index (κ2) is 9.70. The molecule has 1 aromatic carbocycles. The molecule has 2 amide bonds. The highest BCUT2D eigenvalue weighted by atomic mass is 32.2. The largest absolute Gasteiger partial charge is 0.378 e. The normalized spacial score (nSPS) is 18.0. The minimum atomic E-state index is -3.73. The molecule has 1 aromatic heterocycles. The number of benzene rings is 1. The number of thiophene rings is 1. The first kappa shape index (κ1) is 22.3. The van der Waals surface area contributed by atoms with Gasteiger partial charge in [0.1, 0.15) is 9.77 Å². The zero-order valence-electron chi connectivity index (χ0n) is 16.8. The summed E-state index contributed by atoms with van der Waals surface area (Å²) in [4.78, 5) is 27.5. The van der Waals surface area contributed by atoms with Crippen molar-refractivity contribution in [3.05, 3.63) is 46.2 Å². The highest BCUT2D eigenvalue weighted by Crippen LogP contribution is 2.28. The number of carbonyl (C=O) groups excluding carboxylic acids is 2. The SMILES string of the molecule is O=C(Nc1cccc(C(=O)N2CCOCC2)c1)c1sccc1S(=O)(=O)N1CCSCC1. The summed E-state index contributed by atoms with van der Waals surface area (Å²) in [6.07, 6.45) is 0. The Morgan fingerprint density at radius 3 is 2.52 bits per heavy atom. The van der Waals surface area contributed by atoms with Gasteiger partial charge in [-0.15, -0.1) is 11.3 Å². The number of sulfonamides is 1. The summed E-state index contributed by atoms with van der Waals surface area (Å²) in [5, 5.41) is 4.36. The molecule has 0 saturated carbocycles. The van der Waals surface area contributed by atoms with Crippen LogP contribution < -0.4 is 5.32 Å². The lowest BCUT2D eigenvalue weighted by Gasteiger charge is -2.27. The van der Waals surface area contributed by atoms with Crippen LogP contribution in [0.1, 0.15) is 20.0 Å². The highest BCUT2D eigenvalue weighted by molar-refractivity contribution is 7.99. The van der Waals surface area contributed by atoms with Gasteiger partial charge < -0.3 is 15.0 Å². The van der Waals surface area contributed by atoms with Gasteiger partial charge in [-0.25, -0.2) is 8.42 Å². The summed E-state index contributed by atoms with van der Waals surface area (Å²) in [7, 11) is -3.73. The van der Waals surface area contributed by atoms with Gasteiger partial charge in [0, 0.05) is 48.9 Å². The lowest BCUT2D eigenvalue weighted by Crippen LogP contribution is -2.40. The van der Waals surface area contributed by atoms with E-state index in [4.69, 9.17) is 4.74 Å². The van der Waals surface area contributed by atoms with Crippen LogP contribution in [0.15, 0.2) is 40.6 Å². The molecule has 1 N–H and O–H groups in total. The van der Waals surface area contributed by atoms with Gasteiger partial charge in [-0.3, -0.25) is 9.59 Å². The predicted molar refractivity (Wildman–Crippen MR) is 122 cm³/mol. The number of hydrogen-bond acceptors (Lipinski definition) is 7. The molecule has 4 rings (SSSR count). The van der Waals surface area contributed by atoms with E-state index < -0.39 is 15.9 Å². The summed E-state index contributed by atoms with van der Waals surface area (Å²) in [6, 6.07) is 8.16. The van der Waals surface area contributed by atoms with Crippen molar-refractivity contribution < 1.29 is 22.7 Å². The lowest BCUT2D eigenvalue weighted by molar-refractivity contribution is 0.0303. The smallest absolute Gasteiger partial charge is 0.267 e. The topological polar surface area (TPSA) is 96.0 Å². The van der Waals surface area contributed by atoms with Gasteiger partial charge in [0.2, 0.25) is 10.0 Å². The monoisotopic (exact) mass is 481 g/mol. The standard InChI is InChI=1S/C20H23N3O5S3/c24-19(18-17(4-11-30-18)31(26,27)23-7-12-29-13-8-23)21-16-3-1-2-15(14-16)20(25)22-5-9-28-10-6-22/h1-4,11,14H,5-10,12-13H2,(H,21,24). The number of rotatable bonds is 5. The van der Waals surface area contributed by atoms with Crippen molar-refractivity contribution in [2.75, 3.05) is 56.2 Å². The van der Waals surface area contributed by atoms with Crippen molar-refractivity contribution in [1.82, 2.24) is 9.21 Å². The van der Waals surface area contributed by atoms with E-state index in [1.807, 2.05) is 0 Å². The maximum Gasteiger partial charge on any atom is 0.267 e. The third kappa shape index (κ3) is 4.96. The van der Waals surface area contributed by atoms with Gasteiger partial charge >= 0.3 is 0 Å². The fraction of sp³-hybridized carbons (Fsp3) is 0.400. The molecule has 0 aliphatic carbocycles. The van der Waals surface area contributed by atoms with E-state index in [1.165, 1.54) is 10.4 Å². The molecular formula is C20H23N3O5S3. The van der Waals surface area contributed by atoms with E-state index in [0.717, 1.165) is 22.8 Å². The van der Waals surface area contributed by atoms with E-state index in [0.29, 0.717) is 50.6 Å². The number of carbonyl (C=O) groups is 2. The fourth-order valence-corrected chi connectivity index (χ4v) is 7.33. The Bertz CT molecular complexity index is 1060. The summed E-state index contributed by atoms with van der Waals surface area (Å²) in [5.74, 6) is 0.863. The van der Waals surface area contributed by atoms with Gasteiger partial charge in [-0.05, 0) is 29.6 Å². The van der Waals surface area contributed by atoms with Crippen molar-refractivity contribution in [3.63, 3.8) is 0 Å². The second-order valence-electron chi connectivity index (χ2n) is 7.07. The Morgan fingerprint density at radius 2 is 1.77 bits per heavy atom. The molecule has 0 unspecified atom stereocenters. The minimum Gasteiger partial charge on any atom is -0.378 e. The molecule has 2 fully saturated rings. The number of morpholine rings is 1. The summed E-state index contributed by atoms with van der Waals surface area (Å²) in [5.41, 5.74) is 0.903. The molecule has 11 heteroatoms. The number of ether oxygens (including phenoxy) is 1. The Labute approximate surface area is 189 Å². The van der Waals surface area contributed by atoms with Crippen molar-refractivity contribution >= 4 is 50.6 Å². The minimum absolute atomic E-state index is 0.0300. The van der Waals surface area contributed by atoms with Gasteiger partial charge in [-0.1, -0.05) is 6.07 Å². The van der Waals surface area contributed by atoms with Crippen LogP contribution in [0.25, 0.3) is 0 Å². The molecule has 2 aromatic rings. The first-order valence-electron chi connectivity index (χ1n) is 9.90. The average molecular weight is 482 g/mol. The number of amides is 2. The van der Waals surface area contributed by atoms with Gasteiger partial charge in [0.15, 0.2) is 0 Å². The van der Waals surface area contributed by atoms with Crippen LogP contribution in [0.5, 0.6) is 0 Å². The number of nitrogens with zero attached hydrogens (tertiary/aromatic N) is 2. The van der Waals surface area contributed by atoms with E-state index >= 15 is 0 Å². The molecule has 2 saturated heterocycles. The van der Waals surface area contributed by atoms with E-state index in [2.05, 4.69) is 5.32 Å². The zero-order chi connectivity index (χ0) is 21.8. The first-order valence-corrected chi connectivity index (χ1v) is 13.4. The summed E-state index contributed by atoms with van der Waals surface area (Å²) >= 11 is 2.81. The third-order valence-corrected chi connectivity index (χ3v) is 9.01. The molecule has 0 spiro atoms. The molecule has 2 aliphatic rings. The third-order valence-electron chi connectivity index (χ3n) is 5.09. The van der Waals surface area contributed by atoms with Crippen molar-refractivity contribution in [2.24, 2.45) is 0 Å². The quantitative estimate of drug-likeness (QED) is 0.704. The van der Waals surface area contributed by atoms with Gasteiger partial charge in [0.05, 0.1) is 13.2 Å². The Morgan fingerprint density at radius 1 is 1.03 bits per heavy atom. The van der Waals surface area contributed by atoms with E-state index in [-0.39, 0.29) is 15.7 Å². The van der Waals surface area contributed by atoms with Crippen LogP contribution in [0.4, 0.5) is 5.69 Å². The van der Waals surface area contributed by atoms with Gasteiger partial charge in [0.25, 0.3) is 11.8 Å². The van der Waals surface area contributed by atoms with Crippen LogP contribution in [0.2, 0.25) is 0 Å². The Kier molecular flexibility index (Phi) is 6.97. The number of thioether (sulfide) groups is 1. The first-order chi connectivity index (χ1) is 15.0. The van der Waals surface area contributed by atoms with Crippen LogP contribution in [0.3, 0.4) is 0 Å². The fourth-order valence-electron chi connectivity index (χ4n) is 3.46. The molecule has 3 heterocycles. The summed E-state index contributed by atoms with van der Waals surface area (Å²) in [6.45, 7) is 2.95. The van der Waals surface area contributed by atoms with Crippen molar-refractivity contribution in [1.29, 1.82) is 0 Å². The maximum absolute atomic E-state index is 13.0. The van der Waals surface area contributed by atoms with Crippen molar-refractivity contribution in [3.8, 4) is 0 Å². The zero-order valence-corrected chi connectivity index (χ0v) is 19.2. The number of anilines is 1. The maximum atomic E-state index is 13.0. The average Bonchev–Trinajstić information content (AvgIpc) is 3.31. The lowest BCUT2D eigenvalue weighted by atomic mass is 10.1. The Hall–Kier alpha value is -1.92. The summed E-state index contributed by atoms with van der Waals surface area (Å²) < 4.78 is 32.8. The Balaban J connectivity index is 1.51. The number of hydrogen-bond donors (Lipinski definition) is 1. The second-order valence-corrected chi connectivity index (χ2v) is 11.1. The molecule has 166 valence electrons. The number of nitrogens with one attached hydrogen (secondary N) is 1. The van der Waals surface area contributed by atoms with Crippen molar-refractivity contribution in [2.45, 2.75) is 4.90 Å². The predicted octanol–water partition coefficient (Wildman–Crippen LogP) is 2.21. The van der Waals surface area contributed by atoms with Crippen LogP contribution in [-0.2, 0) is 14.8 Å². The van der Waals surface area contributed by atoms with Gasteiger partial charge in [-0.2, -0.15) is 16.1 Å². The molecule has 31 heavy (non-hydrogen) atoms. The van der Waals surface area contributed by atoms with Crippen LogP contribution in [-0.4, -0.2) is 80.3 Å². The molecule has 0 atom stereocenters.